The molecule has 3 N–H and O–H groups in total. The van der Waals surface area contributed by atoms with E-state index in [1.54, 1.807) is 30.3 Å². The molecule has 0 radical (unpaired) electrons. The van der Waals surface area contributed by atoms with Crippen molar-refractivity contribution in [2.24, 2.45) is 0 Å². The number of anilines is 1. The van der Waals surface area contributed by atoms with Gasteiger partial charge in [0.05, 0.1) is 15.5 Å². The number of nitrogens with one attached hydrogen (secondary N) is 2. The van der Waals surface area contributed by atoms with E-state index in [9.17, 15) is 9.59 Å². The molecule has 1 aliphatic rings. The lowest BCUT2D eigenvalue weighted by molar-refractivity contribution is -0.116. The van der Waals surface area contributed by atoms with E-state index < -0.39 is 5.97 Å². The number of carboxylic acids is 1. The second-order valence-electron chi connectivity index (χ2n) is 6.79. The maximum absolute atomic E-state index is 12.4. The second kappa shape index (κ2) is 8.70. The minimum Gasteiger partial charge on any atom is -0.478 e. The van der Waals surface area contributed by atoms with Crippen LogP contribution in [0.5, 0.6) is 0 Å². The van der Waals surface area contributed by atoms with Crippen molar-refractivity contribution in [2.75, 3.05) is 5.32 Å². The van der Waals surface area contributed by atoms with Crippen LogP contribution in [0.15, 0.2) is 57.9 Å². The van der Waals surface area contributed by atoms with Gasteiger partial charge in [-0.25, -0.2) is 4.79 Å². The number of carbonyl (C=O) groups excluding carboxylic acids is 1. The minimum atomic E-state index is -1.09. The Morgan fingerprint density at radius 2 is 2.00 bits per heavy atom. The number of carboxylic acid groups (broad SMARTS) is 1. The number of hydrogen-bond acceptors (Lipinski definition) is 5. The monoisotopic (exact) mass is 474 g/mol. The first kappa shape index (κ1) is 21.4. The first-order chi connectivity index (χ1) is 14.8. The molecule has 31 heavy (non-hydrogen) atoms. The number of aromatic carboxylic acids is 1. The van der Waals surface area contributed by atoms with Gasteiger partial charge < -0.3 is 20.2 Å². The smallest absolute Gasteiger partial charge is 0.337 e. The first-order valence-corrected chi connectivity index (χ1v) is 10.8. The quantitative estimate of drug-likeness (QED) is 0.401. The fourth-order valence-electron chi connectivity index (χ4n) is 3.05. The van der Waals surface area contributed by atoms with Crippen molar-refractivity contribution in [1.29, 1.82) is 0 Å². The molecule has 0 saturated carbocycles. The molecule has 9 heteroatoms. The largest absolute Gasteiger partial charge is 0.478 e. The standard InChI is InChI=1S/C22H16Cl2N2O4S/c1-11-8-13(23)3-6-17(11)25-22-26-20(27)19(31-22)10-14-4-7-18(30-14)12-2-5-15(21(28)29)16(24)9-12/h2-10,22,25H,1H3,(H,26,27)(H,28,29)/b19-10-. The highest BCUT2D eigenvalue weighted by Crippen LogP contribution is 2.33. The molecule has 2 aromatic carbocycles. The maximum atomic E-state index is 12.4. The van der Waals surface area contributed by atoms with Gasteiger partial charge in [-0.1, -0.05) is 41.0 Å². The van der Waals surface area contributed by atoms with Crippen LogP contribution in [0, 0.1) is 6.92 Å². The number of benzene rings is 2. The van der Waals surface area contributed by atoms with Gasteiger partial charge >= 0.3 is 5.97 Å². The van der Waals surface area contributed by atoms with Crippen molar-refractivity contribution in [3.05, 3.63) is 80.4 Å². The van der Waals surface area contributed by atoms with E-state index in [-0.39, 0.29) is 22.0 Å². The number of aryl methyl sites for hydroxylation is 1. The number of thioether (sulfide) groups is 1. The molecular weight excluding hydrogens is 459 g/mol. The Labute approximate surface area is 192 Å². The Kier molecular flexibility index (Phi) is 6.00. The Morgan fingerprint density at radius 1 is 1.19 bits per heavy atom. The molecule has 0 aliphatic carbocycles. The number of furan rings is 1. The van der Waals surface area contributed by atoms with Gasteiger partial charge in [0.25, 0.3) is 5.91 Å². The van der Waals surface area contributed by atoms with Gasteiger partial charge in [0.15, 0.2) is 5.50 Å². The molecule has 1 aromatic heterocycles. The summed E-state index contributed by atoms with van der Waals surface area (Å²) in [5.74, 6) is -0.293. The average molecular weight is 475 g/mol. The molecule has 0 bridgehead atoms. The zero-order valence-corrected chi connectivity index (χ0v) is 18.4. The number of carbonyl (C=O) groups is 2. The Morgan fingerprint density at radius 3 is 2.71 bits per heavy atom. The SMILES string of the molecule is Cc1cc(Cl)ccc1NC1NC(=O)/C(=C/c2ccc(-c3ccc(C(=O)O)c(Cl)c3)o2)S1. The molecule has 1 aliphatic heterocycles. The summed E-state index contributed by atoms with van der Waals surface area (Å²) in [5, 5.41) is 16.0. The summed E-state index contributed by atoms with van der Waals surface area (Å²) >= 11 is 13.4. The van der Waals surface area contributed by atoms with E-state index >= 15 is 0 Å². The average Bonchev–Trinajstić information content (AvgIpc) is 3.31. The van der Waals surface area contributed by atoms with E-state index in [0.717, 1.165) is 11.3 Å². The van der Waals surface area contributed by atoms with E-state index in [2.05, 4.69) is 10.6 Å². The van der Waals surface area contributed by atoms with Crippen molar-refractivity contribution < 1.29 is 19.1 Å². The van der Waals surface area contributed by atoms with Gasteiger partial charge in [-0.2, -0.15) is 0 Å². The van der Waals surface area contributed by atoms with Crippen LogP contribution in [0.3, 0.4) is 0 Å². The summed E-state index contributed by atoms with van der Waals surface area (Å²) in [6.07, 6.45) is 1.66. The Bertz CT molecular complexity index is 1220. The molecule has 0 spiro atoms. The third-order valence-corrected chi connectivity index (χ3v) is 6.17. The number of amides is 1. The molecule has 1 atom stereocenters. The van der Waals surface area contributed by atoms with Crippen LogP contribution >= 0.6 is 35.0 Å². The van der Waals surface area contributed by atoms with Crippen LogP contribution in [0.1, 0.15) is 21.7 Å². The van der Waals surface area contributed by atoms with Gasteiger partial charge in [0.2, 0.25) is 0 Å². The van der Waals surface area contributed by atoms with Crippen molar-refractivity contribution in [3.8, 4) is 11.3 Å². The minimum absolute atomic E-state index is 0.0211. The summed E-state index contributed by atoms with van der Waals surface area (Å²) in [5.41, 5.74) is 2.19. The molecule has 1 saturated heterocycles. The van der Waals surface area contributed by atoms with Gasteiger partial charge in [-0.15, -0.1) is 0 Å². The Hall–Kier alpha value is -2.87. The van der Waals surface area contributed by atoms with Gasteiger partial charge in [-0.3, -0.25) is 4.79 Å². The highest BCUT2D eigenvalue weighted by Gasteiger charge is 2.28. The lowest BCUT2D eigenvalue weighted by Crippen LogP contribution is -2.31. The predicted molar refractivity (Wildman–Crippen MR) is 123 cm³/mol. The van der Waals surface area contributed by atoms with E-state index in [1.165, 1.54) is 23.9 Å². The van der Waals surface area contributed by atoms with Crippen LogP contribution in [0.4, 0.5) is 5.69 Å². The molecule has 6 nitrogen and oxygen atoms in total. The van der Waals surface area contributed by atoms with Crippen molar-refractivity contribution in [2.45, 2.75) is 12.4 Å². The second-order valence-corrected chi connectivity index (χ2v) is 8.78. The molecule has 1 fully saturated rings. The zero-order chi connectivity index (χ0) is 22.1. The van der Waals surface area contributed by atoms with Crippen LogP contribution in [0.25, 0.3) is 17.4 Å². The summed E-state index contributed by atoms with van der Waals surface area (Å²) in [6, 6.07) is 13.6. The van der Waals surface area contributed by atoms with Crippen LogP contribution in [-0.4, -0.2) is 22.5 Å². The highest BCUT2D eigenvalue weighted by molar-refractivity contribution is 8.05. The van der Waals surface area contributed by atoms with E-state index in [1.807, 2.05) is 19.1 Å². The van der Waals surface area contributed by atoms with Gasteiger partial charge in [0, 0.05) is 22.3 Å². The molecule has 2 heterocycles. The maximum Gasteiger partial charge on any atom is 0.337 e. The lowest BCUT2D eigenvalue weighted by Gasteiger charge is -2.14. The van der Waals surface area contributed by atoms with Gasteiger partial charge in [0.1, 0.15) is 11.5 Å². The fraction of sp³-hybridized carbons (Fsp3) is 0.0909. The molecular formula is C22H16Cl2N2O4S. The van der Waals surface area contributed by atoms with Crippen LogP contribution < -0.4 is 10.6 Å². The third kappa shape index (κ3) is 4.74. The summed E-state index contributed by atoms with van der Waals surface area (Å²) in [6.45, 7) is 1.94. The number of hydrogen-bond donors (Lipinski definition) is 3. The number of halogens is 2. The van der Waals surface area contributed by atoms with E-state index in [0.29, 0.717) is 27.0 Å². The fourth-order valence-corrected chi connectivity index (χ4v) is 4.50. The van der Waals surface area contributed by atoms with Crippen molar-refractivity contribution >= 4 is 58.6 Å². The zero-order valence-electron chi connectivity index (χ0n) is 16.1. The van der Waals surface area contributed by atoms with Crippen LogP contribution in [0.2, 0.25) is 10.0 Å². The molecule has 158 valence electrons. The predicted octanol–water partition coefficient (Wildman–Crippen LogP) is 5.86. The normalized spacial score (nSPS) is 17.1. The van der Waals surface area contributed by atoms with Gasteiger partial charge in [-0.05, 0) is 55.0 Å². The first-order valence-electron chi connectivity index (χ1n) is 9.15. The van der Waals surface area contributed by atoms with E-state index in [4.69, 9.17) is 32.7 Å². The van der Waals surface area contributed by atoms with Crippen molar-refractivity contribution in [1.82, 2.24) is 5.32 Å². The molecule has 3 aromatic rings. The highest BCUT2D eigenvalue weighted by atomic mass is 35.5. The van der Waals surface area contributed by atoms with Crippen LogP contribution in [-0.2, 0) is 4.79 Å². The summed E-state index contributed by atoms with van der Waals surface area (Å²) in [4.78, 5) is 24.0. The topological polar surface area (TPSA) is 91.6 Å². The lowest BCUT2D eigenvalue weighted by atomic mass is 10.1. The summed E-state index contributed by atoms with van der Waals surface area (Å²) in [7, 11) is 0. The molecule has 1 unspecified atom stereocenters. The third-order valence-electron chi connectivity index (χ3n) is 4.59. The number of rotatable bonds is 5. The molecule has 1 amide bonds. The Balaban J connectivity index is 1.49. The van der Waals surface area contributed by atoms with Crippen molar-refractivity contribution in [3.63, 3.8) is 0 Å². The molecule has 4 rings (SSSR count). The summed E-state index contributed by atoms with van der Waals surface area (Å²) < 4.78 is 5.81.